The molecule has 0 spiro atoms. The fraction of sp³-hybridized carbons (Fsp3) is 0.455. The second-order valence-corrected chi connectivity index (χ2v) is 5.75. The predicted molar refractivity (Wildman–Crippen MR) is 62.3 cm³/mol. The Balaban J connectivity index is 2.97. The number of aryl methyl sites for hydroxylation is 2. The molecule has 0 fully saturated rings. The third kappa shape index (κ3) is 3.64. The highest BCUT2D eigenvalue weighted by molar-refractivity contribution is 7.88. The van der Waals surface area contributed by atoms with Crippen LogP contribution in [0.15, 0.2) is 18.2 Å². The Hall–Kier alpha value is -0.870. The van der Waals surface area contributed by atoms with Crippen molar-refractivity contribution in [1.29, 1.82) is 0 Å². The molecule has 0 aliphatic rings. The van der Waals surface area contributed by atoms with Gasteiger partial charge in [0.05, 0.1) is 6.26 Å². The molecule has 0 amide bonds. The maximum Gasteiger partial charge on any atom is 0.209 e. The van der Waals surface area contributed by atoms with Gasteiger partial charge in [0.2, 0.25) is 10.0 Å². The summed E-state index contributed by atoms with van der Waals surface area (Å²) in [6.07, 6.45) is 1.17. The van der Waals surface area contributed by atoms with E-state index < -0.39 is 10.0 Å². The van der Waals surface area contributed by atoms with Crippen LogP contribution in [-0.4, -0.2) is 14.7 Å². The van der Waals surface area contributed by atoms with Crippen molar-refractivity contribution < 1.29 is 8.42 Å². The second kappa shape index (κ2) is 4.33. The molecule has 0 heterocycles. The summed E-state index contributed by atoms with van der Waals surface area (Å²) >= 11 is 0. The lowest BCUT2D eigenvalue weighted by molar-refractivity contribution is 0.572. The van der Waals surface area contributed by atoms with Gasteiger partial charge in [-0.05, 0) is 31.9 Å². The first kappa shape index (κ1) is 12.2. The molecule has 0 saturated carbocycles. The minimum Gasteiger partial charge on any atom is -0.213 e. The van der Waals surface area contributed by atoms with Crippen LogP contribution in [0.1, 0.15) is 29.7 Å². The quantitative estimate of drug-likeness (QED) is 0.857. The number of hydrogen-bond donors (Lipinski definition) is 1. The van der Waals surface area contributed by atoms with Gasteiger partial charge in [0, 0.05) is 6.04 Å². The van der Waals surface area contributed by atoms with Crippen molar-refractivity contribution >= 4 is 10.0 Å². The average Bonchev–Trinajstić information content (AvgIpc) is 1.99. The Morgan fingerprint density at radius 2 is 1.87 bits per heavy atom. The average molecular weight is 227 g/mol. The molecular formula is C11H17NO2S. The van der Waals surface area contributed by atoms with Gasteiger partial charge in [-0.25, -0.2) is 13.1 Å². The first-order valence-electron chi connectivity index (χ1n) is 4.84. The van der Waals surface area contributed by atoms with Crippen LogP contribution in [0.25, 0.3) is 0 Å². The molecule has 15 heavy (non-hydrogen) atoms. The van der Waals surface area contributed by atoms with Gasteiger partial charge < -0.3 is 0 Å². The molecule has 0 aliphatic heterocycles. The van der Waals surface area contributed by atoms with E-state index in [1.807, 2.05) is 32.9 Å². The van der Waals surface area contributed by atoms with Crippen molar-refractivity contribution in [2.24, 2.45) is 0 Å². The highest BCUT2D eigenvalue weighted by Crippen LogP contribution is 2.18. The molecule has 1 rings (SSSR count). The lowest BCUT2D eigenvalue weighted by Gasteiger charge is -2.15. The highest BCUT2D eigenvalue weighted by Gasteiger charge is 2.12. The van der Waals surface area contributed by atoms with E-state index in [0.717, 1.165) is 11.1 Å². The zero-order valence-electron chi connectivity index (χ0n) is 9.53. The van der Waals surface area contributed by atoms with Crippen LogP contribution in [0.3, 0.4) is 0 Å². The molecule has 1 aromatic rings. The molecule has 1 N–H and O–H groups in total. The molecule has 0 aliphatic carbocycles. The lowest BCUT2D eigenvalue weighted by Crippen LogP contribution is -2.25. The smallest absolute Gasteiger partial charge is 0.209 e. The molecule has 0 saturated heterocycles. The number of nitrogens with one attached hydrogen (secondary N) is 1. The van der Waals surface area contributed by atoms with Gasteiger partial charge in [-0.1, -0.05) is 23.8 Å². The van der Waals surface area contributed by atoms with E-state index in [1.54, 1.807) is 0 Å². The van der Waals surface area contributed by atoms with Crippen LogP contribution in [0, 0.1) is 13.8 Å². The van der Waals surface area contributed by atoms with Crippen LogP contribution < -0.4 is 4.72 Å². The third-order valence-corrected chi connectivity index (χ3v) is 3.06. The van der Waals surface area contributed by atoms with Crippen LogP contribution in [0.4, 0.5) is 0 Å². The molecule has 0 radical (unpaired) electrons. The van der Waals surface area contributed by atoms with E-state index in [9.17, 15) is 8.42 Å². The lowest BCUT2D eigenvalue weighted by atomic mass is 10.0. The number of hydrogen-bond acceptors (Lipinski definition) is 2. The minimum absolute atomic E-state index is 0.180. The summed E-state index contributed by atoms with van der Waals surface area (Å²) in [7, 11) is -3.15. The first-order chi connectivity index (χ1) is 6.79. The zero-order valence-corrected chi connectivity index (χ0v) is 10.4. The van der Waals surface area contributed by atoms with E-state index in [0.29, 0.717) is 0 Å². The van der Waals surface area contributed by atoms with E-state index in [4.69, 9.17) is 0 Å². The summed E-state index contributed by atoms with van der Waals surface area (Å²) in [5.41, 5.74) is 3.31. The molecule has 84 valence electrons. The summed E-state index contributed by atoms with van der Waals surface area (Å²) in [4.78, 5) is 0. The standard InChI is InChI=1S/C11H17NO2S/c1-8-5-6-11(9(2)7-8)10(3)12-15(4,13)14/h5-7,10,12H,1-4H3. The third-order valence-electron chi connectivity index (χ3n) is 2.28. The van der Waals surface area contributed by atoms with Crippen molar-refractivity contribution in [2.45, 2.75) is 26.8 Å². The van der Waals surface area contributed by atoms with Crippen molar-refractivity contribution in [3.8, 4) is 0 Å². The molecule has 3 nitrogen and oxygen atoms in total. The van der Waals surface area contributed by atoms with Crippen LogP contribution >= 0.6 is 0 Å². The normalized spacial score (nSPS) is 13.9. The number of sulfonamides is 1. The molecule has 4 heteroatoms. The molecule has 1 unspecified atom stereocenters. The van der Waals surface area contributed by atoms with Gasteiger partial charge in [-0.2, -0.15) is 0 Å². The molecular weight excluding hydrogens is 210 g/mol. The Morgan fingerprint density at radius 3 is 2.33 bits per heavy atom. The molecule has 0 bridgehead atoms. The molecule has 1 atom stereocenters. The van der Waals surface area contributed by atoms with Crippen molar-refractivity contribution in [2.75, 3.05) is 6.26 Å². The topological polar surface area (TPSA) is 46.2 Å². The first-order valence-corrected chi connectivity index (χ1v) is 6.73. The highest BCUT2D eigenvalue weighted by atomic mass is 32.2. The van der Waals surface area contributed by atoms with Gasteiger partial charge in [0.1, 0.15) is 0 Å². The van der Waals surface area contributed by atoms with Crippen LogP contribution in [0.2, 0.25) is 0 Å². The minimum atomic E-state index is -3.15. The van der Waals surface area contributed by atoms with E-state index in [-0.39, 0.29) is 6.04 Å². The van der Waals surface area contributed by atoms with Gasteiger partial charge in [0.15, 0.2) is 0 Å². The molecule has 0 aromatic heterocycles. The van der Waals surface area contributed by atoms with Crippen LogP contribution in [0.5, 0.6) is 0 Å². The zero-order chi connectivity index (χ0) is 11.6. The monoisotopic (exact) mass is 227 g/mol. The second-order valence-electron chi connectivity index (χ2n) is 3.97. The largest absolute Gasteiger partial charge is 0.213 e. The maximum absolute atomic E-state index is 11.1. The predicted octanol–water partition coefficient (Wildman–Crippen LogP) is 1.91. The maximum atomic E-state index is 11.1. The fourth-order valence-electron chi connectivity index (χ4n) is 1.70. The summed E-state index contributed by atoms with van der Waals surface area (Å²) < 4.78 is 24.7. The Morgan fingerprint density at radius 1 is 1.27 bits per heavy atom. The van der Waals surface area contributed by atoms with Crippen LogP contribution in [-0.2, 0) is 10.0 Å². The van der Waals surface area contributed by atoms with Crippen molar-refractivity contribution in [3.63, 3.8) is 0 Å². The summed E-state index contributed by atoms with van der Waals surface area (Å²) in [5.74, 6) is 0. The summed E-state index contributed by atoms with van der Waals surface area (Å²) in [5, 5.41) is 0. The SMILES string of the molecule is Cc1ccc(C(C)NS(C)(=O)=O)c(C)c1. The summed E-state index contributed by atoms with van der Waals surface area (Å²) in [6, 6.07) is 5.83. The number of benzene rings is 1. The van der Waals surface area contributed by atoms with Gasteiger partial charge in [0.25, 0.3) is 0 Å². The van der Waals surface area contributed by atoms with Gasteiger partial charge in [-0.3, -0.25) is 0 Å². The number of rotatable bonds is 3. The van der Waals surface area contributed by atoms with Gasteiger partial charge >= 0.3 is 0 Å². The fourth-order valence-corrected chi connectivity index (χ4v) is 2.47. The van der Waals surface area contributed by atoms with E-state index in [1.165, 1.54) is 11.8 Å². The summed E-state index contributed by atoms with van der Waals surface area (Å²) in [6.45, 7) is 5.85. The van der Waals surface area contributed by atoms with Crippen molar-refractivity contribution in [1.82, 2.24) is 4.72 Å². The van der Waals surface area contributed by atoms with Crippen molar-refractivity contribution in [3.05, 3.63) is 34.9 Å². The Bertz CT molecular complexity index is 452. The van der Waals surface area contributed by atoms with E-state index in [2.05, 4.69) is 10.8 Å². The Kier molecular flexibility index (Phi) is 3.52. The van der Waals surface area contributed by atoms with E-state index >= 15 is 0 Å². The van der Waals surface area contributed by atoms with Gasteiger partial charge in [-0.15, -0.1) is 0 Å². The Labute approximate surface area is 91.6 Å². The molecule has 1 aromatic carbocycles.